The number of benzene rings is 3. The molecule has 43 heavy (non-hydrogen) atoms. The summed E-state index contributed by atoms with van der Waals surface area (Å²) in [6.07, 6.45) is 14.9. The first kappa shape index (κ1) is 32.5. The summed E-state index contributed by atoms with van der Waals surface area (Å²) >= 11 is 0. The van der Waals surface area contributed by atoms with Crippen molar-refractivity contribution in [2.75, 3.05) is 0 Å². The summed E-state index contributed by atoms with van der Waals surface area (Å²) in [4.78, 5) is 21.3. The third kappa shape index (κ3) is 9.55. The molecule has 1 atom stereocenters. The molecule has 0 aromatic heterocycles. The molecule has 2 fully saturated rings. The Labute approximate surface area is 259 Å². The van der Waals surface area contributed by atoms with E-state index in [1.54, 1.807) is 0 Å². The molecule has 1 unspecified atom stereocenters. The second kappa shape index (κ2) is 17.0. The Morgan fingerprint density at radius 1 is 0.744 bits per heavy atom. The second-order valence-corrected chi connectivity index (χ2v) is 12.6. The largest absolute Gasteiger partial charge is 0.450 e. The van der Waals surface area contributed by atoms with Crippen LogP contribution in [-0.4, -0.2) is 12.8 Å². The monoisotopic (exact) mass is 582 g/mol. The van der Waals surface area contributed by atoms with Gasteiger partial charge in [-0.05, 0) is 97.6 Å². The zero-order chi connectivity index (χ0) is 30.4. The predicted octanol–water partition coefficient (Wildman–Crippen LogP) is 10.6. The van der Waals surface area contributed by atoms with Crippen LogP contribution >= 0.6 is 0 Å². The minimum Gasteiger partial charge on any atom is -0.450 e. The van der Waals surface area contributed by atoms with Gasteiger partial charge in [0.15, 0.2) is 0 Å². The van der Waals surface area contributed by atoms with Crippen molar-refractivity contribution in [3.05, 3.63) is 101 Å². The van der Waals surface area contributed by atoms with Gasteiger partial charge in [-0.3, -0.25) is 0 Å². The van der Waals surface area contributed by atoms with Crippen molar-refractivity contribution in [3.8, 4) is 5.75 Å². The molecule has 4 heteroatoms. The zero-order valence-electron chi connectivity index (χ0n) is 26.2. The Hall–Kier alpha value is -3.40. The average Bonchev–Trinajstić information content (AvgIpc) is 3.07. The van der Waals surface area contributed by atoms with Gasteiger partial charge in [0.2, 0.25) is 0 Å². The molecule has 3 aromatic rings. The van der Waals surface area contributed by atoms with Crippen molar-refractivity contribution in [3.63, 3.8) is 0 Å². The van der Waals surface area contributed by atoms with Crippen molar-refractivity contribution in [2.45, 2.75) is 109 Å². The molecule has 0 radical (unpaired) electrons. The molecule has 230 valence electrons. The molecule has 0 bridgehead atoms. The molecule has 0 spiro atoms. The van der Waals surface area contributed by atoms with E-state index in [-0.39, 0.29) is 5.97 Å². The topological polar surface area (TPSA) is 52.6 Å². The molecule has 0 heterocycles. The van der Waals surface area contributed by atoms with Crippen molar-refractivity contribution in [1.82, 2.24) is 0 Å². The van der Waals surface area contributed by atoms with E-state index >= 15 is 0 Å². The standard InChI is InChI=1S/C38H48O3.CH2O/c1-3-4-6-9-29-14-18-31(19-15-29)32-20-22-34(23-21-32)37(39)41-38(35-10-7-5-8-11-35)40-36-26-24-33(25-27-36)30-16-12-28(2)13-17-30;1-2/h5,7-8,10-11,20-31,38H,3-4,6,9,12-19H2,1-2H3;1H2. The van der Waals surface area contributed by atoms with Gasteiger partial charge < -0.3 is 14.3 Å². The SMILES string of the molecule is C=O.CCCCCC1CCC(c2ccc(C(=O)OC(Oc3ccc(C4CCC(C)CC4)cc3)c3ccccc3)cc2)CC1. The van der Waals surface area contributed by atoms with Crippen molar-refractivity contribution in [2.24, 2.45) is 11.8 Å². The highest BCUT2D eigenvalue weighted by atomic mass is 16.7. The van der Waals surface area contributed by atoms with E-state index in [4.69, 9.17) is 14.3 Å². The average molecular weight is 583 g/mol. The molecule has 0 N–H and O–H groups in total. The van der Waals surface area contributed by atoms with Crippen molar-refractivity contribution in [1.29, 1.82) is 0 Å². The van der Waals surface area contributed by atoms with Gasteiger partial charge in [-0.1, -0.05) is 107 Å². The molecule has 2 saturated carbocycles. The molecule has 4 nitrogen and oxygen atoms in total. The van der Waals surface area contributed by atoms with Gasteiger partial charge in [0, 0.05) is 5.56 Å². The number of ether oxygens (including phenoxy) is 2. The maximum absolute atomic E-state index is 13.3. The van der Waals surface area contributed by atoms with Gasteiger partial charge >= 0.3 is 5.97 Å². The number of rotatable bonds is 11. The summed E-state index contributed by atoms with van der Waals surface area (Å²) in [5, 5.41) is 0. The van der Waals surface area contributed by atoms with Gasteiger partial charge in [-0.25, -0.2) is 4.79 Å². The Morgan fingerprint density at radius 3 is 1.88 bits per heavy atom. The van der Waals surface area contributed by atoms with Crippen LogP contribution in [0.2, 0.25) is 0 Å². The first-order chi connectivity index (χ1) is 21.1. The van der Waals surface area contributed by atoms with E-state index < -0.39 is 6.29 Å². The lowest BCUT2D eigenvalue weighted by Crippen LogP contribution is -2.17. The number of unbranched alkanes of at least 4 members (excludes halogenated alkanes) is 2. The smallest absolute Gasteiger partial charge is 0.341 e. The number of esters is 1. The Bertz CT molecular complexity index is 1200. The van der Waals surface area contributed by atoms with Crippen molar-refractivity contribution < 1.29 is 19.1 Å². The first-order valence-corrected chi connectivity index (χ1v) is 16.5. The molecule has 0 amide bonds. The molecular weight excluding hydrogens is 532 g/mol. The lowest BCUT2D eigenvalue weighted by Gasteiger charge is -2.29. The third-order valence-corrected chi connectivity index (χ3v) is 9.58. The molecule has 0 aliphatic heterocycles. The maximum atomic E-state index is 13.3. The number of hydrogen-bond donors (Lipinski definition) is 0. The Balaban J connectivity index is 0.00000207. The van der Waals surface area contributed by atoms with Gasteiger partial charge in [0.05, 0.1) is 5.56 Å². The number of carbonyl (C=O) groups excluding carboxylic acids is 2. The van der Waals surface area contributed by atoms with Crippen LogP contribution in [0.4, 0.5) is 0 Å². The molecule has 2 aliphatic rings. The number of hydrogen-bond acceptors (Lipinski definition) is 4. The first-order valence-electron chi connectivity index (χ1n) is 16.5. The molecule has 3 aromatic carbocycles. The van der Waals surface area contributed by atoms with Gasteiger partial charge in [-0.15, -0.1) is 0 Å². The van der Waals surface area contributed by atoms with Gasteiger partial charge in [-0.2, -0.15) is 0 Å². The minimum atomic E-state index is -0.812. The highest BCUT2D eigenvalue weighted by Crippen LogP contribution is 2.38. The van der Waals surface area contributed by atoms with Gasteiger partial charge in [0.25, 0.3) is 6.29 Å². The van der Waals surface area contributed by atoms with Crippen LogP contribution in [0.15, 0.2) is 78.9 Å². The summed E-state index contributed by atoms with van der Waals surface area (Å²) in [6.45, 7) is 6.63. The maximum Gasteiger partial charge on any atom is 0.341 e. The van der Waals surface area contributed by atoms with E-state index in [0.29, 0.717) is 23.1 Å². The van der Waals surface area contributed by atoms with Crippen LogP contribution < -0.4 is 4.74 Å². The second-order valence-electron chi connectivity index (χ2n) is 12.6. The molecule has 5 rings (SSSR count). The summed E-state index contributed by atoms with van der Waals surface area (Å²) < 4.78 is 12.2. The normalized spacial score (nSPS) is 22.5. The van der Waals surface area contributed by atoms with E-state index in [0.717, 1.165) is 17.4 Å². The van der Waals surface area contributed by atoms with Crippen LogP contribution in [0.25, 0.3) is 0 Å². The lowest BCUT2D eigenvalue weighted by atomic mass is 9.77. The summed E-state index contributed by atoms with van der Waals surface area (Å²) in [5.41, 5.74) is 4.10. The van der Waals surface area contributed by atoms with Crippen molar-refractivity contribution >= 4 is 12.8 Å². The Kier molecular flexibility index (Phi) is 12.9. The fourth-order valence-corrected chi connectivity index (χ4v) is 6.83. The van der Waals surface area contributed by atoms with Crippen LogP contribution in [0.5, 0.6) is 5.75 Å². The fourth-order valence-electron chi connectivity index (χ4n) is 6.83. The van der Waals surface area contributed by atoms with Gasteiger partial charge in [0.1, 0.15) is 12.5 Å². The van der Waals surface area contributed by atoms with Crippen LogP contribution in [0, 0.1) is 11.8 Å². The number of carbonyl (C=O) groups is 2. The summed E-state index contributed by atoms with van der Waals surface area (Å²) in [6, 6.07) is 26.2. The lowest BCUT2D eigenvalue weighted by molar-refractivity contribution is -0.0980. The summed E-state index contributed by atoms with van der Waals surface area (Å²) in [5.74, 6) is 3.31. The predicted molar refractivity (Wildman–Crippen MR) is 174 cm³/mol. The van der Waals surface area contributed by atoms with Crippen LogP contribution in [0.3, 0.4) is 0 Å². The quantitative estimate of drug-likeness (QED) is 0.128. The van der Waals surface area contributed by atoms with Crippen LogP contribution in [0.1, 0.15) is 136 Å². The van der Waals surface area contributed by atoms with E-state index in [2.05, 4.69) is 38.1 Å². The third-order valence-electron chi connectivity index (χ3n) is 9.58. The van der Waals surface area contributed by atoms with Crippen LogP contribution in [-0.2, 0) is 9.53 Å². The minimum absolute atomic E-state index is 0.363. The molecular formula is C39H50O4. The highest BCUT2D eigenvalue weighted by Gasteiger charge is 2.24. The molecule has 2 aliphatic carbocycles. The van der Waals surface area contributed by atoms with E-state index in [9.17, 15) is 4.79 Å². The summed E-state index contributed by atoms with van der Waals surface area (Å²) in [7, 11) is 0. The van der Waals surface area contributed by atoms with E-state index in [1.165, 1.54) is 88.2 Å². The zero-order valence-corrected chi connectivity index (χ0v) is 26.2. The fraction of sp³-hybridized carbons (Fsp3) is 0.487. The Morgan fingerprint density at radius 2 is 1.30 bits per heavy atom. The highest BCUT2D eigenvalue weighted by molar-refractivity contribution is 5.89. The van der Waals surface area contributed by atoms with E-state index in [1.807, 2.05) is 61.4 Å². The molecule has 0 saturated heterocycles.